The Kier molecular flexibility index (Phi) is 8.35. The molecule has 3 nitrogen and oxygen atoms in total. The van der Waals surface area contributed by atoms with E-state index in [0.29, 0.717) is 11.7 Å². The predicted molar refractivity (Wildman–Crippen MR) is 114 cm³/mol. The van der Waals surface area contributed by atoms with E-state index >= 15 is 0 Å². The lowest BCUT2D eigenvalue weighted by molar-refractivity contribution is 0.363. The van der Waals surface area contributed by atoms with Gasteiger partial charge in [0.1, 0.15) is 12.4 Å². The minimum Gasteiger partial charge on any atom is -0.490 e. The number of hydrogen-bond acceptors (Lipinski definition) is 3. The molecule has 0 saturated heterocycles. The van der Waals surface area contributed by atoms with Crippen LogP contribution in [0.1, 0.15) is 11.1 Å². The summed E-state index contributed by atoms with van der Waals surface area (Å²) in [5, 5.41) is 7.04. The van der Waals surface area contributed by atoms with Crippen LogP contribution in [0.15, 0.2) is 61.2 Å². The Hall–Kier alpha value is -1.98. The number of rotatable bonds is 9. The van der Waals surface area contributed by atoms with E-state index in [1.54, 1.807) is 6.08 Å². The third-order valence-electron chi connectivity index (χ3n) is 3.36. The molecule has 0 atom stereocenters. The van der Waals surface area contributed by atoms with E-state index in [0.717, 1.165) is 29.5 Å². The van der Waals surface area contributed by atoms with Crippen molar-refractivity contribution >= 4 is 34.8 Å². The zero-order valence-electron chi connectivity index (χ0n) is 14.5. The fourth-order valence-corrected chi connectivity index (χ4v) is 3.22. The molecule has 2 aromatic rings. The first-order valence-corrected chi connectivity index (χ1v) is 9.75. The number of aryl methyl sites for hydroxylation is 1. The fraction of sp³-hybridized carbons (Fsp3) is 0.250. The number of ether oxygens (including phenoxy) is 1. The van der Waals surface area contributed by atoms with Gasteiger partial charge >= 0.3 is 0 Å². The highest BCUT2D eigenvalue weighted by atomic mass is 32.2. The number of anilines is 1. The van der Waals surface area contributed by atoms with E-state index in [2.05, 4.69) is 48.4 Å². The molecule has 0 fully saturated rings. The first-order chi connectivity index (χ1) is 12.2. The van der Waals surface area contributed by atoms with E-state index in [-0.39, 0.29) is 0 Å². The van der Waals surface area contributed by atoms with Crippen molar-refractivity contribution in [3.05, 3.63) is 72.3 Å². The number of benzene rings is 2. The first-order valence-electron chi connectivity index (χ1n) is 8.19. The lowest BCUT2D eigenvalue weighted by Crippen LogP contribution is -2.30. The second kappa shape index (κ2) is 10.8. The molecule has 2 N–H and O–H groups in total. The van der Waals surface area contributed by atoms with Gasteiger partial charge in [-0.15, -0.1) is 0 Å². The van der Waals surface area contributed by atoms with Gasteiger partial charge in [-0.3, -0.25) is 0 Å². The molecule has 0 radical (unpaired) electrons. The van der Waals surface area contributed by atoms with Gasteiger partial charge in [-0.05, 0) is 49.0 Å². The van der Waals surface area contributed by atoms with Crippen LogP contribution in [-0.2, 0) is 5.75 Å². The topological polar surface area (TPSA) is 33.3 Å². The smallest absolute Gasteiger partial charge is 0.170 e. The van der Waals surface area contributed by atoms with Gasteiger partial charge in [-0.25, -0.2) is 0 Å². The third-order valence-corrected chi connectivity index (χ3v) is 4.64. The Labute approximate surface area is 159 Å². The van der Waals surface area contributed by atoms with Gasteiger partial charge in [0.2, 0.25) is 0 Å². The summed E-state index contributed by atoms with van der Waals surface area (Å²) >= 11 is 7.22. The average molecular weight is 373 g/mol. The minimum atomic E-state index is 0.507. The van der Waals surface area contributed by atoms with Gasteiger partial charge in [-0.1, -0.05) is 42.5 Å². The minimum absolute atomic E-state index is 0.507. The molecule has 25 heavy (non-hydrogen) atoms. The number of thioether (sulfide) groups is 1. The Morgan fingerprint density at radius 3 is 2.76 bits per heavy atom. The standard InChI is InChI=1S/C20H24N2OS2/c1-3-12-23-19-9-7-18(8-10-19)22-20(24)21-11-13-25-15-17-6-4-5-16(2)14-17/h3-10,14H,1,11-13,15H2,2H3,(H2,21,22,24). The van der Waals surface area contributed by atoms with Crippen molar-refractivity contribution in [1.29, 1.82) is 0 Å². The van der Waals surface area contributed by atoms with Crippen LogP contribution >= 0.6 is 24.0 Å². The Morgan fingerprint density at radius 1 is 1.24 bits per heavy atom. The summed E-state index contributed by atoms with van der Waals surface area (Å²) in [7, 11) is 0. The van der Waals surface area contributed by atoms with Crippen molar-refractivity contribution < 1.29 is 4.74 Å². The average Bonchev–Trinajstić information content (AvgIpc) is 2.61. The maximum atomic E-state index is 5.45. The summed E-state index contributed by atoms with van der Waals surface area (Å²) in [6.45, 7) is 7.10. The van der Waals surface area contributed by atoms with Crippen LogP contribution in [0.2, 0.25) is 0 Å². The SMILES string of the molecule is C=CCOc1ccc(NC(=S)NCCSCc2cccc(C)c2)cc1. The van der Waals surface area contributed by atoms with Crippen molar-refractivity contribution in [2.45, 2.75) is 12.7 Å². The molecular weight excluding hydrogens is 348 g/mol. The van der Waals surface area contributed by atoms with Crippen LogP contribution in [-0.4, -0.2) is 24.0 Å². The third kappa shape index (κ3) is 7.63. The van der Waals surface area contributed by atoms with Crippen LogP contribution in [0, 0.1) is 6.92 Å². The molecule has 0 bridgehead atoms. The van der Waals surface area contributed by atoms with E-state index < -0.39 is 0 Å². The molecule has 0 unspecified atom stereocenters. The molecular formula is C20H24N2OS2. The summed E-state index contributed by atoms with van der Waals surface area (Å²) < 4.78 is 5.45. The van der Waals surface area contributed by atoms with Gasteiger partial charge in [0.25, 0.3) is 0 Å². The molecule has 0 amide bonds. The first kappa shape index (κ1) is 19.3. The zero-order valence-corrected chi connectivity index (χ0v) is 16.1. The molecule has 0 heterocycles. The van der Waals surface area contributed by atoms with Gasteiger partial charge < -0.3 is 15.4 Å². The molecule has 0 aliphatic rings. The van der Waals surface area contributed by atoms with Crippen LogP contribution < -0.4 is 15.4 Å². The van der Waals surface area contributed by atoms with Crippen LogP contribution in [0.25, 0.3) is 0 Å². The maximum Gasteiger partial charge on any atom is 0.170 e. The number of nitrogens with one attached hydrogen (secondary N) is 2. The monoisotopic (exact) mass is 372 g/mol. The Bertz CT molecular complexity index is 686. The molecule has 2 rings (SSSR count). The predicted octanol–water partition coefficient (Wildman–Crippen LogP) is 4.78. The van der Waals surface area contributed by atoms with Crippen LogP contribution in [0.3, 0.4) is 0 Å². The van der Waals surface area contributed by atoms with Crippen molar-refractivity contribution in [3.8, 4) is 5.75 Å². The molecule has 0 aliphatic heterocycles. The largest absolute Gasteiger partial charge is 0.490 e. The lowest BCUT2D eigenvalue weighted by atomic mass is 10.2. The van der Waals surface area contributed by atoms with Crippen LogP contribution in [0.5, 0.6) is 5.75 Å². The molecule has 2 aromatic carbocycles. The van der Waals surface area contributed by atoms with Gasteiger partial charge in [0.05, 0.1) is 0 Å². The van der Waals surface area contributed by atoms with E-state index in [1.807, 2.05) is 36.0 Å². The van der Waals surface area contributed by atoms with Crippen molar-refractivity contribution in [2.75, 3.05) is 24.2 Å². The molecule has 0 spiro atoms. The highest BCUT2D eigenvalue weighted by Crippen LogP contribution is 2.16. The summed E-state index contributed by atoms with van der Waals surface area (Å²) in [6, 6.07) is 16.3. The quantitative estimate of drug-likeness (QED) is 0.376. The summed E-state index contributed by atoms with van der Waals surface area (Å²) in [6.07, 6.45) is 1.72. The second-order valence-electron chi connectivity index (χ2n) is 5.55. The van der Waals surface area contributed by atoms with E-state index in [9.17, 15) is 0 Å². The molecule has 0 aromatic heterocycles. The summed E-state index contributed by atoms with van der Waals surface area (Å²) in [5.74, 6) is 2.84. The number of thiocarbonyl (C=S) groups is 1. The molecule has 0 saturated carbocycles. The van der Waals surface area contributed by atoms with Crippen molar-refractivity contribution in [1.82, 2.24) is 5.32 Å². The molecule has 5 heteroatoms. The Morgan fingerprint density at radius 2 is 2.04 bits per heavy atom. The second-order valence-corrected chi connectivity index (χ2v) is 7.06. The highest BCUT2D eigenvalue weighted by molar-refractivity contribution is 7.98. The molecule has 0 aliphatic carbocycles. The summed E-state index contributed by atoms with van der Waals surface area (Å²) in [5.41, 5.74) is 3.61. The maximum absolute atomic E-state index is 5.45. The van der Waals surface area contributed by atoms with Crippen molar-refractivity contribution in [2.24, 2.45) is 0 Å². The summed E-state index contributed by atoms with van der Waals surface area (Å²) in [4.78, 5) is 0. The van der Waals surface area contributed by atoms with Crippen molar-refractivity contribution in [3.63, 3.8) is 0 Å². The zero-order chi connectivity index (χ0) is 17.9. The normalized spacial score (nSPS) is 10.1. The van der Waals surface area contributed by atoms with E-state index in [4.69, 9.17) is 17.0 Å². The highest BCUT2D eigenvalue weighted by Gasteiger charge is 1.99. The lowest BCUT2D eigenvalue weighted by Gasteiger charge is -2.11. The molecule has 132 valence electrons. The van der Waals surface area contributed by atoms with Gasteiger partial charge in [0.15, 0.2) is 5.11 Å². The van der Waals surface area contributed by atoms with Gasteiger partial charge in [0, 0.05) is 23.7 Å². The number of hydrogen-bond donors (Lipinski definition) is 2. The van der Waals surface area contributed by atoms with Gasteiger partial charge in [-0.2, -0.15) is 11.8 Å². The van der Waals surface area contributed by atoms with E-state index in [1.165, 1.54) is 11.1 Å². The fourth-order valence-electron chi connectivity index (χ4n) is 2.19. The van der Waals surface area contributed by atoms with Crippen LogP contribution in [0.4, 0.5) is 5.69 Å². The Balaban J connectivity index is 1.62.